The van der Waals surface area contributed by atoms with Gasteiger partial charge in [-0.25, -0.2) is 0 Å². The van der Waals surface area contributed by atoms with Crippen LogP contribution in [-0.4, -0.2) is 20.6 Å². The van der Waals surface area contributed by atoms with E-state index in [9.17, 15) is 9.59 Å². The summed E-state index contributed by atoms with van der Waals surface area (Å²) < 4.78 is 1.78. The van der Waals surface area contributed by atoms with E-state index in [1.165, 1.54) is 0 Å². The van der Waals surface area contributed by atoms with Crippen molar-refractivity contribution in [2.75, 3.05) is 0 Å². The molecule has 0 aliphatic rings. The van der Waals surface area contributed by atoms with Crippen molar-refractivity contribution in [2.24, 2.45) is 0 Å². The van der Waals surface area contributed by atoms with Gasteiger partial charge in [-0.2, -0.15) is 0 Å². The second-order valence-electron chi connectivity index (χ2n) is 5.42. The lowest BCUT2D eigenvalue weighted by Crippen LogP contribution is -2.17. The van der Waals surface area contributed by atoms with Crippen LogP contribution in [0.25, 0.3) is 11.1 Å². The van der Waals surface area contributed by atoms with Crippen molar-refractivity contribution in [2.45, 2.75) is 13.5 Å². The molecule has 5 heteroatoms. The van der Waals surface area contributed by atoms with Crippen LogP contribution >= 0.6 is 11.6 Å². The van der Waals surface area contributed by atoms with Gasteiger partial charge in [0, 0.05) is 17.5 Å². The lowest BCUT2D eigenvalue weighted by Gasteiger charge is -2.11. The van der Waals surface area contributed by atoms with E-state index in [1.54, 1.807) is 10.8 Å². The molecule has 1 aromatic carbocycles. The molecule has 2 heterocycles. The summed E-state index contributed by atoms with van der Waals surface area (Å²) in [6.07, 6.45) is 1.69. The van der Waals surface area contributed by atoms with Crippen LogP contribution in [0, 0.1) is 6.92 Å². The number of benzene rings is 1. The molecule has 0 saturated carbocycles. The molecule has 0 amide bonds. The van der Waals surface area contributed by atoms with Gasteiger partial charge in [-0.3, -0.25) is 14.6 Å². The average molecular weight is 339 g/mol. The number of ketones is 1. The highest BCUT2D eigenvalue weighted by atomic mass is 35.5. The zero-order valence-corrected chi connectivity index (χ0v) is 13.8. The van der Waals surface area contributed by atoms with Crippen LogP contribution in [0.5, 0.6) is 0 Å². The molecule has 0 bridgehead atoms. The molecule has 3 aromatic rings. The highest BCUT2D eigenvalue weighted by Gasteiger charge is 2.25. The van der Waals surface area contributed by atoms with Gasteiger partial charge >= 0.3 is 0 Å². The van der Waals surface area contributed by atoms with Crippen LogP contribution in [0.15, 0.2) is 60.8 Å². The molecular formula is C19H15ClN2O2. The first-order chi connectivity index (χ1) is 11.6. The van der Waals surface area contributed by atoms with Crippen LogP contribution in [0.1, 0.15) is 21.9 Å². The Morgan fingerprint density at radius 1 is 1.08 bits per heavy atom. The summed E-state index contributed by atoms with van der Waals surface area (Å²) in [5.41, 5.74) is 3.52. The molecule has 0 atom stereocenters. The van der Waals surface area contributed by atoms with Gasteiger partial charge in [0.2, 0.25) is 0 Å². The third-order valence-electron chi connectivity index (χ3n) is 3.83. The van der Waals surface area contributed by atoms with E-state index < -0.39 is 11.0 Å². The van der Waals surface area contributed by atoms with Crippen LogP contribution in [0.3, 0.4) is 0 Å². The van der Waals surface area contributed by atoms with E-state index in [0.717, 1.165) is 17.0 Å². The first-order valence-corrected chi connectivity index (χ1v) is 7.85. The van der Waals surface area contributed by atoms with Crippen molar-refractivity contribution >= 4 is 22.6 Å². The molecule has 3 rings (SSSR count). The Balaban J connectivity index is 2.16. The van der Waals surface area contributed by atoms with Gasteiger partial charge in [0.1, 0.15) is 5.69 Å². The van der Waals surface area contributed by atoms with Gasteiger partial charge in [0.15, 0.2) is 0 Å². The Labute approximate surface area is 144 Å². The Kier molecular flexibility index (Phi) is 4.58. The van der Waals surface area contributed by atoms with Crippen molar-refractivity contribution in [3.8, 4) is 11.1 Å². The lowest BCUT2D eigenvalue weighted by atomic mass is 10.0. The molecule has 0 radical (unpaired) electrons. The highest BCUT2D eigenvalue weighted by molar-refractivity contribution is 6.83. The molecule has 0 aliphatic carbocycles. The van der Waals surface area contributed by atoms with Crippen molar-refractivity contribution in [1.29, 1.82) is 0 Å². The number of hydrogen-bond donors (Lipinski definition) is 0. The van der Waals surface area contributed by atoms with Gasteiger partial charge in [-0.1, -0.05) is 36.4 Å². The fourth-order valence-electron chi connectivity index (χ4n) is 2.71. The van der Waals surface area contributed by atoms with Crippen molar-refractivity contribution in [3.63, 3.8) is 0 Å². The number of aryl methyl sites for hydroxylation is 1. The molecule has 0 aliphatic heterocycles. The quantitative estimate of drug-likeness (QED) is 0.403. The lowest BCUT2D eigenvalue weighted by molar-refractivity contribution is -0.108. The van der Waals surface area contributed by atoms with Gasteiger partial charge in [0.05, 0.1) is 12.2 Å². The number of pyridine rings is 1. The number of rotatable bonds is 5. The third kappa shape index (κ3) is 3.14. The van der Waals surface area contributed by atoms with E-state index in [4.69, 9.17) is 11.6 Å². The van der Waals surface area contributed by atoms with Crippen molar-refractivity contribution in [1.82, 2.24) is 9.55 Å². The summed E-state index contributed by atoms with van der Waals surface area (Å²) in [6, 6.07) is 16.9. The van der Waals surface area contributed by atoms with Crippen molar-refractivity contribution in [3.05, 3.63) is 77.9 Å². The monoisotopic (exact) mass is 338 g/mol. The predicted molar refractivity (Wildman–Crippen MR) is 93.1 cm³/mol. The first-order valence-electron chi connectivity index (χ1n) is 7.47. The fraction of sp³-hybridized carbons (Fsp3) is 0.105. The Bertz CT molecular complexity index is 886. The van der Waals surface area contributed by atoms with Gasteiger partial charge in [0.25, 0.3) is 11.0 Å². The minimum atomic E-state index is -0.993. The van der Waals surface area contributed by atoms with Gasteiger partial charge in [-0.15, -0.1) is 0 Å². The van der Waals surface area contributed by atoms with E-state index in [1.807, 2.05) is 61.5 Å². The van der Waals surface area contributed by atoms with E-state index in [-0.39, 0.29) is 0 Å². The second-order valence-corrected chi connectivity index (χ2v) is 5.77. The summed E-state index contributed by atoms with van der Waals surface area (Å²) in [5.74, 6) is -0.709. The minimum Gasteiger partial charge on any atom is -0.336 e. The van der Waals surface area contributed by atoms with Gasteiger partial charge < -0.3 is 4.57 Å². The van der Waals surface area contributed by atoms with Crippen LogP contribution < -0.4 is 0 Å². The number of Topliss-reactive ketones (excluding diaryl/α,β-unsaturated/α-hetero) is 1. The Hall–Kier alpha value is -2.72. The summed E-state index contributed by atoms with van der Waals surface area (Å²) in [5, 5.41) is -0.993. The Morgan fingerprint density at radius 2 is 1.79 bits per heavy atom. The van der Waals surface area contributed by atoms with Crippen LogP contribution in [-0.2, 0) is 11.3 Å². The summed E-state index contributed by atoms with van der Waals surface area (Å²) in [6.45, 7) is 2.29. The third-order valence-corrected chi connectivity index (χ3v) is 4.00. The minimum absolute atomic E-state index is 0.296. The number of carbonyl (C=O) groups is 2. The molecular weight excluding hydrogens is 324 g/mol. The molecule has 24 heavy (non-hydrogen) atoms. The van der Waals surface area contributed by atoms with E-state index in [2.05, 4.69) is 4.98 Å². The highest BCUT2D eigenvalue weighted by Crippen LogP contribution is 2.29. The number of aromatic nitrogens is 2. The summed E-state index contributed by atoms with van der Waals surface area (Å²) >= 11 is 5.49. The molecule has 0 spiro atoms. The normalized spacial score (nSPS) is 10.6. The molecule has 4 nitrogen and oxygen atoms in total. The standard InChI is InChI=1S/C19H15ClN2O2/c1-13-11-16(14-7-3-2-4-8-14)17(18(23)19(20)24)22(13)12-15-9-5-6-10-21-15/h2-11H,12H2,1H3. The van der Waals surface area contributed by atoms with Crippen LogP contribution in [0.2, 0.25) is 0 Å². The predicted octanol–water partition coefficient (Wildman–Crippen LogP) is 3.85. The number of hydrogen-bond acceptors (Lipinski definition) is 3. The largest absolute Gasteiger partial charge is 0.336 e. The van der Waals surface area contributed by atoms with Crippen molar-refractivity contribution < 1.29 is 9.59 Å². The SMILES string of the molecule is Cc1cc(-c2ccccc2)c(C(=O)C(=O)Cl)n1Cc1ccccn1. The van der Waals surface area contributed by atoms with E-state index >= 15 is 0 Å². The maximum Gasteiger partial charge on any atom is 0.294 e. The van der Waals surface area contributed by atoms with Gasteiger partial charge in [-0.05, 0) is 42.3 Å². The molecule has 0 N–H and O–H groups in total. The molecule has 0 saturated heterocycles. The second kappa shape index (κ2) is 6.81. The number of nitrogens with zero attached hydrogens (tertiary/aromatic N) is 2. The average Bonchev–Trinajstić information content (AvgIpc) is 2.92. The topological polar surface area (TPSA) is 52.0 Å². The molecule has 0 fully saturated rings. The zero-order valence-electron chi connectivity index (χ0n) is 13.1. The Morgan fingerprint density at radius 3 is 2.42 bits per heavy atom. The molecule has 0 unspecified atom stereocenters. The van der Waals surface area contributed by atoms with E-state index in [0.29, 0.717) is 17.8 Å². The number of halogens is 1. The smallest absolute Gasteiger partial charge is 0.294 e. The molecule has 2 aromatic heterocycles. The maximum absolute atomic E-state index is 12.4. The zero-order chi connectivity index (χ0) is 17.1. The van der Waals surface area contributed by atoms with Crippen LogP contribution in [0.4, 0.5) is 0 Å². The summed E-state index contributed by atoms with van der Waals surface area (Å²) in [7, 11) is 0. The maximum atomic E-state index is 12.4. The molecule has 120 valence electrons. The first kappa shape index (κ1) is 16.1. The fourth-order valence-corrected chi connectivity index (χ4v) is 2.80. The number of carbonyl (C=O) groups excluding carboxylic acids is 2. The summed E-state index contributed by atoms with van der Waals surface area (Å²) in [4.78, 5) is 28.3.